The third kappa shape index (κ3) is 4.56. The van der Waals surface area contributed by atoms with Crippen LogP contribution in [0.4, 0.5) is 27.8 Å². The third-order valence-electron chi connectivity index (χ3n) is 4.61. The highest BCUT2D eigenvalue weighted by atomic mass is 19.4. The van der Waals surface area contributed by atoms with Crippen LogP contribution in [-0.2, 0) is 6.18 Å². The predicted molar refractivity (Wildman–Crippen MR) is 109 cm³/mol. The van der Waals surface area contributed by atoms with E-state index in [-0.39, 0.29) is 17.7 Å². The molecular weight excluding hydrogens is 445 g/mol. The van der Waals surface area contributed by atoms with Crippen LogP contribution in [0, 0.1) is 18.6 Å². The van der Waals surface area contributed by atoms with Crippen LogP contribution in [0.1, 0.15) is 21.6 Å². The minimum Gasteiger partial charge on any atom is -0.306 e. The van der Waals surface area contributed by atoms with Crippen molar-refractivity contribution in [2.75, 3.05) is 5.32 Å². The fraction of sp³-hybridized carbons (Fsp3) is 0.0909. The van der Waals surface area contributed by atoms with Crippen LogP contribution >= 0.6 is 0 Å². The molecule has 1 amide bonds. The third-order valence-corrected chi connectivity index (χ3v) is 4.61. The molecule has 2 heterocycles. The molecule has 0 radical (unpaired) electrons. The molecule has 0 saturated carbocycles. The quantitative estimate of drug-likeness (QED) is 0.427. The summed E-state index contributed by atoms with van der Waals surface area (Å²) < 4.78 is 69.7. The van der Waals surface area contributed by atoms with Crippen LogP contribution in [0.15, 0.2) is 60.9 Å². The Bertz CT molecular complexity index is 1320. The largest absolute Gasteiger partial charge is 0.417 e. The minimum absolute atomic E-state index is 0.112. The first-order valence-corrected chi connectivity index (χ1v) is 9.45. The van der Waals surface area contributed by atoms with Gasteiger partial charge in [0, 0.05) is 24.0 Å². The van der Waals surface area contributed by atoms with Gasteiger partial charge in [0.1, 0.15) is 17.5 Å². The van der Waals surface area contributed by atoms with Crippen molar-refractivity contribution in [3.05, 3.63) is 89.4 Å². The molecule has 0 aliphatic heterocycles. The second-order valence-corrected chi connectivity index (χ2v) is 6.96. The molecule has 4 rings (SSSR count). The molecule has 0 fully saturated rings. The zero-order valence-electron chi connectivity index (χ0n) is 16.9. The molecule has 168 valence electrons. The van der Waals surface area contributed by atoms with E-state index in [9.17, 15) is 26.7 Å². The number of carbonyl (C=O) groups excluding carboxylic acids is 1. The summed E-state index contributed by atoms with van der Waals surface area (Å²) in [6.45, 7) is 1.64. The van der Waals surface area contributed by atoms with E-state index < -0.39 is 40.4 Å². The van der Waals surface area contributed by atoms with Crippen molar-refractivity contribution in [2.45, 2.75) is 13.1 Å². The molecule has 0 spiro atoms. The van der Waals surface area contributed by atoms with E-state index in [0.29, 0.717) is 11.4 Å². The number of rotatable bonds is 4. The Balaban J connectivity index is 1.75. The van der Waals surface area contributed by atoms with E-state index in [1.54, 1.807) is 6.92 Å². The fourth-order valence-electron chi connectivity index (χ4n) is 3.16. The predicted octanol–water partition coefficient (Wildman–Crippen LogP) is 5.19. The lowest BCUT2D eigenvalue weighted by Crippen LogP contribution is -2.18. The van der Waals surface area contributed by atoms with E-state index in [1.165, 1.54) is 53.5 Å². The van der Waals surface area contributed by atoms with Crippen LogP contribution in [-0.4, -0.2) is 25.7 Å². The molecule has 2 aromatic carbocycles. The average Bonchev–Trinajstić information content (AvgIpc) is 3.13. The average molecular weight is 459 g/mol. The summed E-state index contributed by atoms with van der Waals surface area (Å²) in [4.78, 5) is 20.4. The summed E-state index contributed by atoms with van der Waals surface area (Å²) in [5.41, 5.74) is -1.60. The SMILES string of the molecule is Cc1cc(NC(=O)c2cc(-c3ncccn3)c(C(F)(F)F)cc2F)n(-c2ccc(F)cc2)n1. The Morgan fingerprint density at radius 3 is 2.30 bits per heavy atom. The maximum absolute atomic E-state index is 14.6. The Morgan fingerprint density at radius 1 is 1.00 bits per heavy atom. The number of amides is 1. The summed E-state index contributed by atoms with van der Waals surface area (Å²) in [5, 5.41) is 6.65. The molecule has 6 nitrogen and oxygen atoms in total. The van der Waals surface area contributed by atoms with Crippen LogP contribution in [0.2, 0.25) is 0 Å². The monoisotopic (exact) mass is 459 g/mol. The number of alkyl halides is 3. The van der Waals surface area contributed by atoms with Crippen molar-refractivity contribution < 1.29 is 26.7 Å². The van der Waals surface area contributed by atoms with Crippen molar-refractivity contribution in [3.8, 4) is 17.1 Å². The van der Waals surface area contributed by atoms with Crippen LogP contribution < -0.4 is 5.32 Å². The highest BCUT2D eigenvalue weighted by Gasteiger charge is 2.36. The van der Waals surface area contributed by atoms with Gasteiger partial charge in [-0.3, -0.25) is 4.79 Å². The molecular formula is C22H14F5N5O. The second kappa shape index (κ2) is 8.41. The summed E-state index contributed by atoms with van der Waals surface area (Å²) in [6, 6.07) is 9.11. The lowest BCUT2D eigenvalue weighted by molar-refractivity contribution is -0.137. The standard InChI is InChI=1S/C22H14F5N5O/c1-12-9-19(32(31-12)14-5-3-13(23)4-6-14)30-21(33)16-10-15(20-28-7-2-8-29-20)17(11-18(16)24)22(25,26)27/h2-11H,1H3,(H,30,33). The van der Waals surface area contributed by atoms with Crippen LogP contribution in [0.25, 0.3) is 17.1 Å². The van der Waals surface area contributed by atoms with Crippen LogP contribution in [0.3, 0.4) is 0 Å². The van der Waals surface area contributed by atoms with Gasteiger partial charge in [0.05, 0.1) is 22.5 Å². The normalized spacial score (nSPS) is 11.5. The van der Waals surface area contributed by atoms with Gasteiger partial charge in [-0.1, -0.05) is 0 Å². The summed E-state index contributed by atoms with van der Waals surface area (Å²) >= 11 is 0. The number of nitrogens with zero attached hydrogens (tertiary/aromatic N) is 4. The van der Waals surface area contributed by atoms with Gasteiger partial charge in [0.25, 0.3) is 5.91 Å². The number of hydrogen-bond acceptors (Lipinski definition) is 4. The molecule has 0 unspecified atom stereocenters. The van der Waals surface area contributed by atoms with Gasteiger partial charge in [0.2, 0.25) is 0 Å². The molecule has 0 bridgehead atoms. The summed E-state index contributed by atoms with van der Waals surface area (Å²) in [6.07, 6.45) is -2.44. The molecule has 0 saturated heterocycles. The molecule has 11 heteroatoms. The van der Waals surface area contributed by atoms with E-state index in [4.69, 9.17) is 0 Å². The highest BCUT2D eigenvalue weighted by Crippen LogP contribution is 2.37. The Kier molecular flexibility index (Phi) is 5.62. The first-order valence-electron chi connectivity index (χ1n) is 9.45. The van der Waals surface area contributed by atoms with Gasteiger partial charge in [-0.25, -0.2) is 23.4 Å². The highest BCUT2D eigenvalue weighted by molar-refractivity contribution is 6.05. The van der Waals surface area contributed by atoms with Gasteiger partial charge < -0.3 is 5.32 Å². The van der Waals surface area contributed by atoms with Gasteiger partial charge in [-0.15, -0.1) is 0 Å². The summed E-state index contributed by atoms with van der Waals surface area (Å²) in [5.74, 6) is -3.06. The van der Waals surface area contributed by atoms with Crippen molar-refractivity contribution in [2.24, 2.45) is 0 Å². The topological polar surface area (TPSA) is 72.7 Å². The molecule has 0 aliphatic rings. The summed E-state index contributed by atoms with van der Waals surface area (Å²) in [7, 11) is 0. The maximum Gasteiger partial charge on any atom is 0.417 e. The maximum atomic E-state index is 14.6. The number of halogens is 5. The lowest BCUT2D eigenvalue weighted by atomic mass is 10.0. The van der Waals surface area contributed by atoms with Gasteiger partial charge in [0.15, 0.2) is 5.82 Å². The number of benzene rings is 2. The number of aryl methyl sites for hydroxylation is 1. The smallest absolute Gasteiger partial charge is 0.306 e. The van der Waals surface area contributed by atoms with E-state index in [2.05, 4.69) is 20.4 Å². The second-order valence-electron chi connectivity index (χ2n) is 6.96. The lowest BCUT2D eigenvalue weighted by Gasteiger charge is -2.15. The number of aromatic nitrogens is 4. The number of carbonyl (C=O) groups is 1. The van der Waals surface area contributed by atoms with Gasteiger partial charge >= 0.3 is 6.18 Å². The number of nitrogens with one attached hydrogen (secondary N) is 1. The molecule has 33 heavy (non-hydrogen) atoms. The molecule has 4 aromatic rings. The van der Waals surface area contributed by atoms with Crippen molar-refractivity contribution in [1.82, 2.24) is 19.7 Å². The van der Waals surface area contributed by atoms with E-state index in [0.717, 1.165) is 6.07 Å². The number of hydrogen-bond donors (Lipinski definition) is 1. The van der Waals surface area contributed by atoms with Crippen molar-refractivity contribution >= 4 is 11.7 Å². The molecule has 2 aromatic heterocycles. The zero-order valence-corrected chi connectivity index (χ0v) is 16.9. The zero-order chi connectivity index (χ0) is 23.8. The van der Waals surface area contributed by atoms with Crippen LogP contribution in [0.5, 0.6) is 0 Å². The molecule has 1 N–H and O–H groups in total. The molecule has 0 atom stereocenters. The van der Waals surface area contributed by atoms with Crippen molar-refractivity contribution in [1.29, 1.82) is 0 Å². The Morgan fingerprint density at radius 2 is 1.67 bits per heavy atom. The Hall–Kier alpha value is -4.15. The van der Waals surface area contributed by atoms with Gasteiger partial charge in [-0.05, 0) is 49.4 Å². The fourth-order valence-corrected chi connectivity index (χ4v) is 3.16. The van der Waals surface area contributed by atoms with Crippen molar-refractivity contribution in [3.63, 3.8) is 0 Å². The van der Waals surface area contributed by atoms with E-state index >= 15 is 0 Å². The first-order chi connectivity index (χ1) is 15.6. The van der Waals surface area contributed by atoms with Gasteiger partial charge in [-0.2, -0.15) is 18.3 Å². The Labute approximate surface area is 183 Å². The van der Waals surface area contributed by atoms with E-state index in [1.807, 2.05) is 0 Å². The molecule has 0 aliphatic carbocycles. The first kappa shape index (κ1) is 22.1. The minimum atomic E-state index is -4.90. The number of anilines is 1.